The van der Waals surface area contributed by atoms with E-state index in [0.717, 1.165) is 6.42 Å². The predicted molar refractivity (Wildman–Crippen MR) is 86.3 cm³/mol. The Bertz CT molecular complexity index is 616. The van der Waals surface area contributed by atoms with E-state index in [0.29, 0.717) is 16.3 Å². The minimum atomic E-state index is -0.200. The molecule has 1 atom stereocenters. The van der Waals surface area contributed by atoms with Gasteiger partial charge >= 0.3 is 0 Å². The van der Waals surface area contributed by atoms with Crippen LogP contribution < -0.4 is 16.6 Å². The lowest BCUT2D eigenvalue weighted by Gasteiger charge is -2.16. The molecule has 0 aliphatic rings. The van der Waals surface area contributed by atoms with E-state index in [1.165, 1.54) is 5.56 Å². The zero-order chi connectivity index (χ0) is 15.2. The normalized spacial score (nSPS) is 11.8. The smallest absolute Gasteiger partial charge is 0.253 e. The third kappa shape index (κ3) is 4.21. The summed E-state index contributed by atoms with van der Waals surface area (Å²) in [6.45, 7) is 1.96. The molecule has 0 aromatic heterocycles. The highest BCUT2D eigenvalue weighted by Gasteiger charge is 2.14. The lowest BCUT2D eigenvalue weighted by Crippen LogP contribution is -2.34. The second-order valence-corrected chi connectivity index (χ2v) is 5.33. The molecule has 5 heteroatoms. The average Bonchev–Trinajstić information content (AvgIpc) is 2.48. The number of nitrogens with two attached hydrogens (primary N) is 1. The van der Waals surface area contributed by atoms with Gasteiger partial charge in [0.2, 0.25) is 0 Å². The summed E-state index contributed by atoms with van der Waals surface area (Å²) >= 11 is 5.94. The standard InChI is InChI=1S/C16H18ClN3O/c1-11(9-12-5-3-2-4-6-12)19-16(21)14-10-13(17)7-8-15(14)20-18/h2-8,10-11,20H,9,18H2,1H3,(H,19,21). The molecule has 0 spiro atoms. The number of halogens is 1. The van der Waals surface area contributed by atoms with Gasteiger partial charge in [0.1, 0.15) is 0 Å². The quantitative estimate of drug-likeness (QED) is 0.587. The molecule has 0 fully saturated rings. The monoisotopic (exact) mass is 303 g/mol. The summed E-state index contributed by atoms with van der Waals surface area (Å²) in [5, 5.41) is 3.45. The Labute approximate surface area is 129 Å². The maximum absolute atomic E-state index is 12.3. The van der Waals surface area contributed by atoms with E-state index in [2.05, 4.69) is 10.7 Å². The number of carbonyl (C=O) groups is 1. The van der Waals surface area contributed by atoms with Crippen molar-refractivity contribution < 1.29 is 4.79 Å². The predicted octanol–water partition coefficient (Wildman–Crippen LogP) is 2.99. The van der Waals surface area contributed by atoms with Crippen LogP contribution in [0.3, 0.4) is 0 Å². The topological polar surface area (TPSA) is 67.2 Å². The van der Waals surface area contributed by atoms with Gasteiger partial charge in [0.05, 0.1) is 11.3 Å². The number of nitrogen functional groups attached to an aromatic ring is 1. The molecule has 2 rings (SSSR count). The zero-order valence-corrected chi connectivity index (χ0v) is 12.5. The van der Waals surface area contributed by atoms with Crippen molar-refractivity contribution in [3.8, 4) is 0 Å². The first-order valence-electron chi connectivity index (χ1n) is 6.71. The van der Waals surface area contributed by atoms with Crippen LogP contribution in [0.25, 0.3) is 0 Å². The molecule has 0 aliphatic heterocycles. The Balaban J connectivity index is 2.06. The van der Waals surface area contributed by atoms with Gasteiger partial charge < -0.3 is 10.7 Å². The van der Waals surface area contributed by atoms with Crippen molar-refractivity contribution in [3.05, 3.63) is 64.7 Å². The van der Waals surface area contributed by atoms with Gasteiger partial charge in [0.15, 0.2) is 0 Å². The lowest BCUT2D eigenvalue weighted by molar-refractivity contribution is 0.0941. The van der Waals surface area contributed by atoms with E-state index in [1.54, 1.807) is 18.2 Å². The summed E-state index contributed by atoms with van der Waals surface area (Å²) in [4.78, 5) is 12.3. The maximum atomic E-state index is 12.3. The number of carbonyl (C=O) groups excluding carboxylic acids is 1. The van der Waals surface area contributed by atoms with Gasteiger partial charge in [-0.15, -0.1) is 0 Å². The van der Waals surface area contributed by atoms with Gasteiger partial charge in [0.25, 0.3) is 5.91 Å². The SMILES string of the molecule is CC(Cc1ccccc1)NC(=O)c1cc(Cl)ccc1NN. The van der Waals surface area contributed by atoms with Crippen LogP contribution in [-0.2, 0) is 6.42 Å². The van der Waals surface area contributed by atoms with E-state index in [4.69, 9.17) is 17.4 Å². The van der Waals surface area contributed by atoms with Gasteiger partial charge in [-0.05, 0) is 37.1 Å². The van der Waals surface area contributed by atoms with Gasteiger partial charge in [0, 0.05) is 11.1 Å². The molecular formula is C16H18ClN3O. The highest BCUT2D eigenvalue weighted by molar-refractivity contribution is 6.31. The number of benzene rings is 2. The van der Waals surface area contributed by atoms with E-state index in [1.807, 2.05) is 37.3 Å². The molecule has 0 saturated heterocycles. The summed E-state index contributed by atoms with van der Waals surface area (Å²) in [5.41, 5.74) is 4.66. The van der Waals surface area contributed by atoms with Crippen molar-refractivity contribution in [2.45, 2.75) is 19.4 Å². The minimum Gasteiger partial charge on any atom is -0.349 e. The van der Waals surface area contributed by atoms with Crippen LogP contribution >= 0.6 is 11.6 Å². The van der Waals surface area contributed by atoms with Crippen LogP contribution in [0, 0.1) is 0 Å². The lowest BCUT2D eigenvalue weighted by atomic mass is 10.1. The largest absolute Gasteiger partial charge is 0.349 e. The molecule has 21 heavy (non-hydrogen) atoms. The highest BCUT2D eigenvalue weighted by Crippen LogP contribution is 2.20. The van der Waals surface area contributed by atoms with E-state index >= 15 is 0 Å². The van der Waals surface area contributed by atoms with Gasteiger partial charge in [-0.2, -0.15) is 0 Å². The molecule has 0 heterocycles. The highest BCUT2D eigenvalue weighted by atomic mass is 35.5. The minimum absolute atomic E-state index is 0.00417. The van der Waals surface area contributed by atoms with Crippen molar-refractivity contribution >= 4 is 23.2 Å². The molecule has 0 radical (unpaired) electrons. The summed E-state index contributed by atoms with van der Waals surface area (Å²) < 4.78 is 0. The average molecular weight is 304 g/mol. The number of anilines is 1. The summed E-state index contributed by atoms with van der Waals surface area (Å²) in [6, 6.07) is 15.0. The number of hydrogen-bond donors (Lipinski definition) is 3. The van der Waals surface area contributed by atoms with Crippen LogP contribution in [0.5, 0.6) is 0 Å². The van der Waals surface area contributed by atoms with Crippen LogP contribution in [0.4, 0.5) is 5.69 Å². The fraction of sp³-hybridized carbons (Fsp3) is 0.188. The van der Waals surface area contributed by atoms with E-state index < -0.39 is 0 Å². The second-order valence-electron chi connectivity index (χ2n) is 4.90. The van der Waals surface area contributed by atoms with Gasteiger partial charge in [-0.3, -0.25) is 10.6 Å². The fourth-order valence-corrected chi connectivity index (χ4v) is 2.32. The molecule has 0 aliphatic carbocycles. The Kier molecular flexibility index (Phi) is 5.20. The number of hydrazine groups is 1. The third-order valence-corrected chi connectivity index (χ3v) is 3.38. The molecule has 1 amide bonds. The van der Waals surface area contributed by atoms with Crippen LogP contribution in [0.2, 0.25) is 5.02 Å². The first-order valence-corrected chi connectivity index (χ1v) is 7.09. The van der Waals surface area contributed by atoms with Crippen LogP contribution in [0.15, 0.2) is 48.5 Å². The van der Waals surface area contributed by atoms with Crippen LogP contribution in [-0.4, -0.2) is 11.9 Å². The van der Waals surface area contributed by atoms with Crippen LogP contribution in [0.1, 0.15) is 22.8 Å². The van der Waals surface area contributed by atoms with Gasteiger partial charge in [-0.1, -0.05) is 41.9 Å². The number of amides is 1. The Morgan fingerprint density at radius 2 is 1.95 bits per heavy atom. The fourth-order valence-electron chi connectivity index (χ4n) is 2.15. The molecular weight excluding hydrogens is 286 g/mol. The van der Waals surface area contributed by atoms with Crippen molar-refractivity contribution in [2.75, 3.05) is 5.43 Å². The summed E-state index contributed by atoms with van der Waals surface area (Å²) in [6.07, 6.45) is 0.762. The number of rotatable bonds is 5. The first-order chi connectivity index (χ1) is 10.1. The number of nitrogens with one attached hydrogen (secondary N) is 2. The molecule has 4 N–H and O–H groups in total. The van der Waals surface area contributed by atoms with Crippen molar-refractivity contribution in [2.24, 2.45) is 5.84 Å². The summed E-state index contributed by atoms with van der Waals surface area (Å²) in [5.74, 6) is 5.22. The third-order valence-electron chi connectivity index (χ3n) is 3.14. The van der Waals surface area contributed by atoms with Crippen molar-refractivity contribution in [3.63, 3.8) is 0 Å². The first kappa shape index (κ1) is 15.4. The molecule has 0 saturated carbocycles. The van der Waals surface area contributed by atoms with Crippen molar-refractivity contribution in [1.82, 2.24) is 5.32 Å². The molecule has 110 valence electrons. The second kappa shape index (κ2) is 7.11. The zero-order valence-electron chi connectivity index (χ0n) is 11.8. The Morgan fingerprint density at radius 1 is 1.24 bits per heavy atom. The Hall–Kier alpha value is -2.04. The molecule has 2 aromatic rings. The van der Waals surface area contributed by atoms with E-state index in [9.17, 15) is 4.79 Å². The van der Waals surface area contributed by atoms with E-state index in [-0.39, 0.29) is 11.9 Å². The molecule has 2 aromatic carbocycles. The molecule has 0 bridgehead atoms. The molecule has 4 nitrogen and oxygen atoms in total. The molecule has 1 unspecified atom stereocenters. The summed E-state index contributed by atoms with van der Waals surface area (Å²) in [7, 11) is 0. The maximum Gasteiger partial charge on any atom is 0.253 e. The van der Waals surface area contributed by atoms with Gasteiger partial charge in [-0.25, -0.2) is 0 Å². The Morgan fingerprint density at radius 3 is 2.62 bits per heavy atom. The van der Waals surface area contributed by atoms with Crippen molar-refractivity contribution in [1.29, 1.82) is 0 Å². The number of hydrogen-bond acceptors (Lipinski definition) is 3.